The second kappa shape index (κ2) is 8.39. The molecule has 1 rings (SSSR count). The van der Waals surface area contributed by atoms with Crippen molar-refractivity contribution in [3.63, 3.8) is 0 Å². The van der Waals surface area contributed by atoms with Gasteiger partial charge in [-0.15, -0.1) is 0 Å². The maximum Gasteiger partial charge on any atom is 0.214 e. The Balaban J connectivity index is 2.77. The SMILES string of the molecule is CC(C)CCS(=O)(=O)N(CCCN)Cc1ccccc1. The van der Waals surface area contributed by atoms with E-state index in [2.05, 4.69) is 0 Å². The molecule has 4 nitrogen and oxygen atoms in total. The summed E-state index contributed by atoms with van der Waals surface area (Å²) in [5.74, 6) is 0.597. The van der Waals surface area contributed by atoms with Crippen molar-refractivity contribution in [3.05, 3.63) is 35.9 Å². The first-order valence-electron chi connectivity index (χ1n) is 7.17. The van der Waals surface area contributed by atoms with Gasteiger partial charge in [0, 0.05) is 13.1 Å². The van der Waals surface area contributed by atoms with Crippen molar-refractivity contribution in [2.75, 3.05) is 18.8 Å². The molecule has 0 aliphatic rings. The molecule has 0 saturated carbocycles. The molecule has 0 bridgehead atoms. The van der Waals surface area contributed by atoms with Gasteiger partial charge in [0.25, 0.3) is 0 Å². The number of hydrogen-bond acceptors (Lipinski definition) is 3. The maximum atomic E-state index is 12.4. The smallest absolute Gasteiger partial charge is 0.214 e. The molecule has 114 valence electrons. The van der Waals surface area contributed by atoms with Gasteiger partial charge in [-0.25, -0.2) is 8.42 Å². The fourth-order valence-corrected chi connectivity index (χ4v) is 3.67. The lowest BCUT2D eigenvalue weighted by Gasteiger charge is -2.22. The molecule has 2 N–H and O–H groups in total. The predicted octanol–water partition coefficient (Wildman–Crippen LogP) is 2.21. The summed E-state index contributed by atoms with van der Waals surface area (Å²) in [6.45, 7) is 5.51. The Hall–Kier alpha value is -0.910. The minimum atomic E-state index is -3.21. The van der Waals surface area contributed by atoms with Crippen LogP contribution in [-0.4, -0.2) is 31.6 Å². The standard InChI is InChI=1S/C15H26N2O2S/c1-14(2)9-12-20(18,19)17(11-6-10-16)13-15-7-4-3-5-8-15/h3-5,7-8,14H,6,9-13,16H2,1-2H3. The average molecular weight is 298 g/mol. The van der Waals surface area contributed by atoms with Gasteiger partial charge in [0.1, 0.15) is 0 Å². The van der Waals surface area contributed by atoms with Gasteiger partial charge in [-0.1, -0.05) is 44.2 Å². The van der Waals surface area contributed by atoms with Crippen LogP contribution in [0.25, 0.3) is 0 Å². The first-order chi connectivity index (χ1) is 9.45. The van der Waals surface area contributed by atoms with E-state index in [9.17, 15) is 8.42 Å². The Morgan fingerprint density at radius 3 is 2.40 bits per heavy atom. The number of hydrogen-bond donors (Lipinski definition) is 1. The zero-order chi connectivity index (χ0) is 15.0. The van der Waals surface area contributed by atoms with Gasteiger partial charge in [-0.2, -0.15) is 4.31 Å². The summed E-state index contributed by atoms with van der Waals surface area (Å²) in [7, 11) is -3.21. The van der Waals surface area contributed by atoms with E-state index in [0.29, 0.717) is 38.4 Å². The Morgan fingerprint density at radius 1 is 1.20 bits per heavy atom. The molecule has 0 atom stereocenters. The Bertz CT molecular complexity index is 472. The van der Waals surface area contributed by atoms with Gasteiger partial charge < -0.3 is 5.73 Å². The Kier molecular flexibility index (Phi) is 7.19. The van der Waals surface area contributed by atoms with Crippen LogP contribution in [0.1, 0.15) is 32.3 Å². The van der Waals surface area contributed by atoms with Gasteiger partial charge in [-0.05, 0) is 30.9 Å². The van der Waals surface area contributed by atoms with E-state index >= 15 is 0 Å². The molecule has 0 heterocycles. The summed E-state index contributed by atoms with van der Waals surface area (Å²) in [4.78, 5) is 0. The Labute approximate surface area is 123 Å². The van der Waals surface area contributed by atoms with Gasteiger partial charge >= 0.3 is 0 Å². The summed E-state index contributed by atoms with van der Waals surface area (Å²) in [5, 5.41) is 0. The molecule has 0 amide bonds. The van der Waals surface area contributed by atoms with Gasteiger partial charge in [0.2, 0.25) is 10.0 Å². The van der Waals surface area contributed by atoms with Crippen LogP contribution in [0.5, 0.6) is 0 Å². The lowest BCUT2D eigenvalue weighted by Crippen LogP contribution is -2.34. The summed E-state index contributed by atoms with van der Waals surface area (Å²) < 4.78 is 26.4. The summed E-state index contributed by atoms with van der Waals surface area (Å²) >= 11 is 0. The molecule has 1 aromatic carbocycles. The molecule has 1 aromatic rings. The first-order valence-corrected chi connectivity index (χ1v) is 8.78. The van der Waals surface area contributed by atoms with Crippen LogP contribution < -0.4 is 5.73 Å². The van der Waals surface area contributed by atoms with Crippen molar-refractivity contribution in [1.29, 1.82) is 0 Å². The summed E-state index contributed by atoms with van der Waals surface area (Å²) in [5.41, 5.74) is 6.53. The monoisotopic (exact) mass is 298 g/mol. The van der Waals surface area contributed by atoms with E-state index in [0.717, 1.165) is 5.56 Å². The third kappa shape index (κ3) is 6.03. The number of sulfonamides is 1. The average Bonchev–Trinajstić information content (AvgIpc) is 2.42. The number of nitrogens with two attached hydrogens (primary N) is 1. The van der Waals surface area contributed by atoms with Crippen molar-refractivity contribution >= 4 is 10.0 Å². The third-order valence-electron chi connectivity index (χ3n) is 3.16. The van der Waals surface area contributed by atoms with Crippen LogP contribution in [0.15, 0.2) is 30.3 Å². The minimum absolute atomic E-state index is 0.210. The largest absolute Gasteiger partial charge is 0.330 e. The van der Waals surface area contributed by atoms with Crippen LogP contribution in [0.4, 0.5) is 0 Å². The highest BCUT2D eigenvalue weighted by atomic mass is 32.2. The van der Waals surface area contributed by atoms with E-state index in [4.69, 9.17) is 5.73 Å². The molecular formula is C15H26N2O2S. The first kappa shape index (κ1) is 17.1. The van der Waals surface area contributed by atoms with Crippen molar-refractivity contribution in [3.8, 4) is 0 Å². The molecular weight excluding hydrogens is 272 g/mol. The van der Waals surface area contributed by atoms with Crippen LogP contribution in [0.2, 0.25) is 0 Å². The highest BCUT2D eigenvalue weighted by Gasteiger charge is 2.21. The zero-order valence-corrected chi connectivity index (χ0v) is 13.3. The van der Waals surface area contributed by atoms with E-state index < -0.39 is 10.0 Å². The Morgan fingerprint density at radius 2 is 1.85 bits per heavy atom. The van der Waals surface area contributed by atoms with Gasteiger partial charge in [-0.3, -0.25) is 0 Å². The highest BCUT2D eigenvalue weighted by molar-refractivity contribution is 7.89. The van der Waals surface area contributed by atoms with Crippen LogP contribution in [-0.2, 0) is 16.6 Å². The molecule has 0 fully saturated rings. The van der Waals surface area contributed by atoms with Crippen LogP contribution in [0.3, 0.4) is 0 Å². The van der Waals surface area contributed by atoms with Gasteiger partial charge in [0.15, 0.2) is 0 Å². The molecule has 0 aliphatic carbocycles. The molecule has 0 aromatic heterocycles. The normalized spacial score (nSPS) is 12.2. The van der Waals surface area contributed by atoms with E-state index in [-0.39, 0.29) is 5.75 Å². The third-order valence-corrected chi connectivity index (χ3v) is 5.01. The van der Waals surface area contributed by atoms with Crippen molar-refractivity contribution in [2.45, 2.75) is 33.2 Å². The molecule has 5 heteroatoms. The van der Waals surface area contributed by atoms with E-state index in [1.54, 1.807) is 4.31 Å². The van der Waals surface area contributed by atoms with Crippen molar-refractivity contribution < 1.29 is 8.42 Å². The highest BCUT2D eigenvalue weighted by Crippen LogP contribution is 2.13. The second-order valence-corrected chi connectivity index (χ2v) is 7.55. The van der Waals surface area contributed by atoms with Crippen LogP contribution in [0, 0.1) is 5.92 Å². The predicted molar refractivity (Wildman–Crippen MR) is 83.8 cm³/mol. The van der Waals surface area contributed by atoms with Crippen molar-refractivity contribution in [1.82, 2.24) is 4.31 Å². The zero-order valence-electron chi connectivity index (χ0n) is 12.5. The molecule has 0 unspecified atom stereocenters. The lowest BCUT2D eigenvalue weighted by molar-refractivity contribution is 0.399. The number of nitrogens with zero attached hydrogens (tertiary/aromatic N) is 1. The fraction of sp³-hybridized carbons (Fsp3) is 0.600. The quantitative estimate of drug-likeness (QED) is 0.760. The topological polar surface area (TPSA) is 63.4 Å². The molecule has 0 spiro atoms. The summed E-state index contributed by atoms with van der Waals surface area (Å²) in [6, 6.07) is 9.69. The van der Waals surface area contributed by atoms with Gasteiger partial charge in [0.05, 0.1) is 5.75 Å². The maximum absolute atomic E-state index is 12.4. The second-order valence-electron chi connectivity index (χ2n) is 5.46. The van der Waals surface area contributed by atoms with E-state index in [1.165, 1.54) is 0 Å². The lowest BCUT2D eigenvalue weighted by atomic mass is 10.2. The van der Waals surface area contributed by atoms with Crippen molar-refractivity contribution in [2.24, 2.45) is 11.7 Å². The van der Waals surface area contributed by atoms with Crippen LogP contribution >= 0.6 is 0 Å². The number of rotatable bonds is 9. The fourth-order valence-electron chi connectivity index (χ4n) is 1.88. The molecule has 0 radical (unpaired) electrons. The summed E-state index contributed by atoms with van der Waals surface area (Å²) in [6.07, 6.45) is 1.38. The minimum Gasteiger partial charge on any atom is -0.330 e. The molecule has 0 aliphatic heterocycles. The molecule has 20 heavy (non-hydrogen) atoms. The van der Waals surface area contributed by atoms with E-state index in [1.807, 2.05) is 44.2 Å². The molecule has 0 saturated heterocycles. The number of benzene rings is 1.